The number of nitrogens with one attached hydrogen (secondary N) is 1. The van der Waals surface area contributed by atoms with Gasteiger partial charge >= 0.3 is 0 Å². The average molecular weight is 380 g/mol. The summed E-state index contributed by atoms with van der Waals surface area (Å²) in [6, 6.07) is 5.67. The van der Waals surface area contributed by atoms with Gasteiger partial charge < -0.3 is 10.1 Å². The van der Waals surface area contributed by atoms with Crippen molar-refractivity contribution in [3.8, 4) is 6.07 Å². The van der Waals surface area contributed by atoms with E-state index in [0.29, 0.717) is 18.2 Å². The first kappa shape index (κ1) is 22.5. The van der Waals surface area contributed by atoms with Crippen molar-refractivity contribution in [1.29, 1.82) is 5.26 Å². The van der Waals surface area contributed by atoms with Crippen molar-refractivity contribution in [1.82, 2.24) is 10.2 Å². The first-order chi connectivity index (χ1) is 9.70. The van der Waals surface area contributed by atoms with E-state index in [-0.39, 0.29) is 51.1 Å². The highest BCUT2D eigenvalue weighted by molar-refractivity contribution is 7.59. The standard InChI is InChI=1S/C15H18FN3O.ClH.2H2S/c1-10-13(3-2-11(6-17)15(10)16)14-8-19-5-4-18-7-12(19)9-20-14;;;/h2-3,12,14,18H,4-5,7-9H2,1H3;1H;2*1H2/t12-,14+;;;/m0.../s1. The van der Waals surface area contributed by atoms with E-state index >= 15 is 0 Å². The first-order valence-corrected chi connectivity index (χ1v) is 6.96. The number of benzene rings is 1. The normalized spacial score (nSPS) is 23.3. The Bertz CT molecular complexity index is 570. The van der Waals surface area contributed by atoms with Gasteiger partial charge in [-0.15, -0.1) is 12.4 Å². The number of fused-ring (bicyclic) bond motifs is 1. The van der Waals surface area contributed by atoms with Gasteiger partial charge in [0.2, 0.25) is 0 Å². The Kier molecular flexibility index (Phi) is 9.51. The van der Waals surface area contributed by atoms with E-state index in [1.54, 1.807) is 13.0 Å². The zero-order valence-corrected chi connectivity index (χ0v) is 15.8. The molecule has 0 aromatic heterocycles. The molecule has 2 aliphatic rings. The van der Waals surface area contributed by atoms with Gasteiger partial charge in [0.05, 0.1) is 18.3 Å². The second-order valence-electron chi connectivity index (χ2n) is 5.43. The van der Waals surface area contributed by atoms with E-state index in [0.717, 1.165) is 31.7 Å². The van der Waals surface area contributed by atoms with E-state index in [1.165, 1.54) is 0 Å². The van der Waals surface area contributed by atoms with Crippen molar-refractivity contribution < 1.29 is 9.13 Å². The number of halogens is 2. The summed E-state index contributed by atoms with van der Waals surface area (Å²) in [5.41, 5.74) is 1.49. The van der Waals surface area contributed by atoms with Crippen molar-refractivity contribution in [3.05, 3.63) is 34.6 Å². The molecule has 3 rings (SSSR count). The molecule has 2 saturated heterocycles. The van der Waals surface area contributed by atoms with Crippen LogP contribution in [0.25, 0.3) is 0 Å². The van der Waals surface area contributed by atoms with Gasteiger partial charge in [0, 0.05) is 32.2 Å². The Morgan fingerprint density at radius 2 is 2.13 bits per heavy atom. The van der Waals surface area contributed by atoms with Crippen LogP contribution < -0.4 is 5.32 Å². The Labute approximate surface area is 156 Å². The fourth-order valence-corrected chi connectivity index (χ4v) is 3.02. The monoisotopic (exact) mass is 379 g/mol. The van der Waals surface area contributed by atoms with Crippen LogP contribution in [0.2, 0.25) is 0 Å². The number of hydrogen-bond donors (Lipinski definition) is 1. The summed E-state index contributed by atoms with van der Waals surface area (Å²) in [5, 5.41) is 12.2. The second kappa shape index (κ2) is 9.72. The number of piperazine rings is 1. The largest absolute Gasteiger partial charge is 0.370 e. The Balaban J connectivity index is 0.00000161. The quantitative estimate of drug-likeness (QED) is 0.810. The third kappa shape index (κ3) is 4.53. The third-order valence-corrected chi connectivity index (χ3v) is 4.26. The van der Waals surface area contributed by atoms with Crippen LogP contribution >= 0.6 is 39.4 Å². The number of rotatable bonds is 1. The lowest BCUT2D eigenvalue weighted by Crippen LogP contribution is -2.57. The van der Waals surface area contributed by atoms with Crippen molar-refractivity contribution in [2.24, 2.45) is 0 Å². The van der Waals surface area contributed by atoms with E-state index < -0.39 is 5.82 Å². The minimum absolute atomic E-state index is 0. The zero-order chi connectivity index (χ0) is 14.1. The highest BCUT2D eigenvalue weighted by Gasteiger charge is 2.32. The lowest BCUT2D eigenvalue weighted by molar-refractivity contribution is -0.0721. The second-order valence-corrected chi connectivity index (χ2v) is 5.43. The number of nitriles is 1. The minimum Gasteiger partial charge on any atom is -0.370 e. The number of hydrogen-bond acceptors (Lipinski definition) is 4. The summed E-state index contributed by atoms with van der Waals surface area (Å²) in [7, 11) is 0. The minimum atomic E-state index is -0.420. The first-order valence-electron chi connectivity index (χ1n) is 6.96. The van der Waals surface area contributed by atoms with E-state index in [1.807, 2.05) is 12.1 Å². The third-order valence-electron chi connectivity index (χ3n) is 4.26. The fraction of sp³-hybridized carbons (Fsp3) is 0.533. The molecule has 0 saturated carbocycles. The van der Waals surface area contributed by atoms with Crippen molar-refractivity contribution in [2.45, 2.75) is 19.1 Å². The van der Waals surface area contributed by atoms with Crippen LogP contribution in [0.5, 0.6) is 0 Å². The Morgan fingerprint density at radius 1 is 1.39 bits per heavy atom. The summed E-state index contributed by atoms with van der Waals surface area (Å²) < 4.78 is 20.0. The zero-order valence-electron chi connectivity index (χ0n) is 12.9. The van der Waals surface area contributed by atoms with Gasteiger partial charge in [0.25, 0.3) is 0 Å². The van der Waals surface area contributed by atoms with E-state index in [4.69, 9.17) is 10.00 Å². The summed E-state index contributed by atoms with van der Waals surface area (Å²) in [5.74, 6) is -0.420. The predicted octanol–water partition coefficient (Wildman–Crippen LogP) is 2.00. The molecule has 2 atom stereocenters. The van der Waals surface area contributed by atoms with E-state index in [2.05, 4.69) is 10.2 Å². The van der Waals surface area contributed by atoms with Crippen LogP contribution in [0.15, 0.2) is 12.1 Å². The van der Waals surface area contributed by atoms with Crippen LogP contribution in [0.3, 0.4) is 0 Å². The lowest BCUT2D eigenvalue weighted by atomic mass is 9.97. The van der Waals surface area contributed by atoms with E-state index in [9.17, 15) is 4.39 Å². The highest BCUT2D eigenvalue weighted by atomic mass is 35.5. The molecule has 0 amide bonds. The number of nitrogens with zero attached hydrogens (tertiary/aromatic N) is 2. The van der Waals surface area contributed by atoms with Crippen LogP contribution in [0, 0.1) is 24.1 Å². The summed E-state index contributed by atoms with van der Waals surface area (Å²) in [4.78, 5) is 2.40. The smallest absolute Gasteiger partial charge is 0.144 e. The highest BCUT2D eigenvalue weighted by Crippen LogP contribution is 2.29. The molecule has 0 spiro atoms. The summed E-state index contributed by atoms with van der Waals surface area (Å²) >= 11 is 0. The maximum absolute atomic E-state index is 14.0. The molecule has 130 valence electrons. The van der Waals surface area contributed by atoms with Gasteiger partial charge in [0.15, 0.2) is 0 Å². The SMILES string of the molecule is Cc1c([C@H]2CN3CCNC[C@H]3CO2)ccc(C#N)c1F.Cl.S.S. The molecule has 1 aromatic carbocycles. The molecule has 4 nitrogen and oxygen atoms in total. The molecular formula is C15H23ClFN3OS2. The van der Waals surface area contributed by atoms with Gasteiger partial charge in [-0.3, -0.25) is 4.90 Å². The maximum Gasteiger partial charge on any atom is 0.144 e. The summed E-state index contributed by atoms with van der Waals surface area (Å²) in [6.07, 6.45) is -0.105. The number of ether oxygens (including phenoxy) is 1. The van der Waals surface area contributed by atoms with Gasteiger partial charge in [-0.05, 0) is 24.1 Å². The molecule has 0 radical (unpaired) electrons. The van der Waals surface area contributed by atoms with Crippen LogP contribution in [-0.2, 0) is 4.74 Å². The van der Waals surface area contributed by atoms with Gasteiger partial charge in [-0.1, -0.05) is 6.07 Å². The molecule has 0 aliphatic carbocycles. The van der Waals surface area contributed by atoms with Crippen LogP contribution in [0.4, 0.5) is 4.39 Å². The molecular weight excluding hydrogens is 357 g/mol. The van der Waals surface area contributed by atoms with Gasteiger partial charge in [-0.2, -0.15) is 32.3 Å². The molecule has 23 heavy (non-hydrogen) atoms. The van der Waals surface area contributed by atoms with Gasteiger partial charge in [-0.25, -0.2) is 4.39 Å². The molecule has 8 heteroatoms. The molecule has 1 aromatic rings. The predicted molar refractivity (Wildman–Crippen MR) is 101 cm³/mol. The maximum atomic E-state index is 14.0. The van der Waals surface area contributed by atoms with Crippen molar-refractivity contribution in [2.75, 3.05) is 32.8 Å². The van der Waals surface area contributed by atoms with Crippen LogP contribution in [-0.4, -0.2) is 43.7 Å². The Morgan fingerprint density at radius 3 is 2.83 bits per heavy atom. The molecule has 0 bridgehead atoms. The molecule has 1 N–H and O–H groups in total. The van der Waals surface area contributed by atoms with Crippen molar-refractivity contribution in [3.63, 3.8) is 0 Å². The number of morpholine rings is 1. The molecule has 0 unspecified atom stereocenters. The average Bonchev–Trinajstić information content (AvgIpc) is 2.49. The Hall–Kier alpha value is -0.490. The van der Waals surface area contributed by atoms with Gasteiger partial charge in [0.1, 0.15) is 11.9 Å². The molecule has 2 aliphatic heterocycles. The molecule has 2 fully saturated rings. The van der Waals surface area contributed by atoms with Crippen LogP contribution in [0.1, 0.15) is 22.8 Å². The fourth-order valence-electron chi connectivity index (χ4n) is 3.02. The topological polar surface area (TPSA) is 48.3 Å². The molecule has 2 heterocycles. The summed E-state index contributed by atoms with van der Waals surface area (Å²) in [6.45, 7) is 6.12. The van der Waals surface area contributed by atoms with Crippen molar-refractivity contribution >= 4 is 39.4 Å². The lowest BCUT2D eigenvalue weighted by Gasteiger charge is -2.43.